The van der Waals surface area contributed by atoms with E-state index in [1.807, 2.05) is 20.8 Å². The van der Waals surface area contributed by atoms with Gasteiger partial charge in [-0.05, 0) is 37.5 Å². The Morgan fingerprint density at radius 3 is 2.42 bits per heavy atom. The van der Waals surface area contributed by atoms with Gasteiger partial charge in [-0.1, -0.05) is 47.0 Å². The van der Waals surface area contributed by atoms with Crippen LogP contribution < -0.4 is 11.1 Å². The number of anilines is 1. The van der Waals surface area contributed by atoms with Crippen LogP contribution in [0.3, 0.4) is 0 Å². The Labute approximate surface area is 146 Å². The first-order valence-corrected chi connectivity index (χ1v) is 9.80. The van der Waals surface area contributed by atoms with Crippen molar-refractivity contribution in [2.24, 2.45) is 17.6 Å². The Bertz CT molecular complexity index is 544. The maximum Gasteiger partial charge on any atom is 0.254 e. The van der Waals surface area contributed by atoms with E-state index >= 15 is 0 Å². The first kappa shape index (κ1) is 18.8. The minimum atomic E-state index is -0.360. The maximum absolute atomic E-state index is 11.8. The average Bonchev–Trinajstić information content (AvgIpc) is 3.02. The van der Waals surface area contributed by atoms with Gasteiger partial charge in [0.2, 0.25) is 0 Å². The van der Waals surface area contributed by atoms with Crippen molar-refractivity contribution in [2.45, 2.75) is 78.7 Å². The van der Waals surface area contributed by atoms with Crippen LogP contribution in [0.5, 0.6) is 0 Å². The van der Waals surface area contributed by atoms with Crippen molar-refractivity contribution >= 4 is 11.7 Å². The number of nitrogens with one attached hydrogen (secondary N) is 1. The molecule has 1 aliphatic carbocycles. The van der Waals surface area contributed by atoms with Crippen LogP contribution in [-0.2, 0) is 6.42 Å². The van der Waals surface area contributed by atoms with Gasteiger partial charge >= 0.3 is 0 Å². The van der Waals surface area contributed by atoms with Crippen LogP contribution >= 0.6 is 0 Å². The number of hydrogen-bond acceptors (Lipinski definition) is 3. The van der Waals surface area contributed by atoms with E-state index in [1.54, 1.807) is 0 Å². The second-order valence-electron chi connectivity index (χ2n) is 6.80. The molecule has 1 unspecified atom stereocenters. The number of primary amides is 1. The molecule has 2 heterocycles. The van der Waals surface area contributed by atoms with E-state index in [0.717, 1.165) is 36.8 Å². The Hall–Kier alpha value is -1.52. The Morgan fingerprint density at radius 2 is 1.88 bits per heavy atom. The summed E-state index contributed by atoms with van der Waals surface area (Å²) in [6, 6.07) is 0.424. The van der Waals surface area contributed by atoms with Crippen LogP contribution in [0.4, 0.5) is 5.82 Å². The van der Waals surface area contributed by atoms with E-state index in [2.05, 4.69) is 16.9 Å². The van der Waals surface area contributed by atoms with Gasteiger partial charge in [-0.25, -0.2) is 4.68 Å². The van der Waals surface area contributed by atoms with E-state index < -0.39 is 0 Å². The van der Waals surface area contributed by atoms with Crippen molar-refractivity contribution in [2.75, 3.05) is 11.9 Å². The fourth-order valence-electron chi connectivity index (χ4n) is 4.27. The first-order chi connectivity index (χ1) is 11.7. The van der Waals surface area contributed by atoms with Crippen molar-refractivity contribution < 1.29 is 4.79 Å². The van der Waals surface area contributed by atoms with Crippen LogP contribution in [0, 0.1) is 11.8 Å². The number of nitrogens with two attached hydrogens (primary N) is 1. The van der Waals surface area contributed by atoms with Crippen molar-refractivity contribution in [3.63, 3.8) is 0 Å². The fourth-order valence-corrected chi connectivity index (χ4v) is 4.27. The van der Waals surface area contributed by atoms with Crippen LogP contribution in [0.2, 0.25) is 0 Å². The predicted octanol–water partition coefficient (Wildman–Crippen LogP) is 4.14. The molecule has 1 aromatic heterocycles. The first-order valence-electron chi connectivity index (χ1n) is 9.80. The van der Waals surface area contributed by atoms with Gasteiger partial charge in [0.15, 0.2) is 0 Å². The Morgan fingerprint density at radius 1 is 1.21 bits per heavy atom. The van der Waals surface area contributed by atoms with Gasteiger partial charge in [-0.3, -0.25) is 4.79 Å². The average molecular weight is 335 g/mol. The summed E-state index contributed by atoms with van der Waals surface area (Å²) in [5.41, 5.74) is 7.03. The summed E-state index contributed by atoms with van der Waals surface area (Å²) in [6.07, 6.45) is 8.40. The molecule has 1 fully saturated rings. The minimum absolute atomic E-state index is 0.360. The molecule has 24 heavy (non-hydrogen) atoms. The molecule has 1 saturated carbocycles. The van der Waals surface area contributed by atoms with Crippen LogP contribution in [0.15, 0.2) is 0 Å². The molecular weight excluding hydrogens is 300 g/mol. The zero-order chi connectivity index (χ0) is 17.7. The molecule has 0 radical (unpaired) electrons. The number of rotatable bonds is 4. The zero-order valence-electron chi connectivity index (χ0n) is 15.8. The lowest BCUT2D eigenvalue weighted by Crippen LogP contribution is -2.32. The third-order valence-electron chi connectivity index (χ3n) is 5.62. The zero-order valence-corrected chi connectivity index (χ0v) is 15.8. The normalized spacial score (nSPS) is 25.9. The smallest absolute Gasteiger partial charge is 0.254 e. The van der Waals surface area contributed by atoms with Crippen molar-refractivity contribution in [1.82, 2.24) is 9.78 Å². The molecule has 5 nitrogen and oxygen atoms in total. The van der Waals surface area contributed by atoms with Gasteiger partial charge in [0.1, 0.15) is 11.4 Å². The van der Waals surface area contributed by atoms with Crippen LogP contribution in [0.25, 0.3) is 0 Å². The monoisotopic (exact) mass is 334 g/mol. The minimum Gasteiger partial charge on any atom is -0.370 e. The summed E-state index contributed by atoms with van der Waals surface area (Å²) < 4.78 is 2.08. The van der Waals surface area contributed by atoms with Gasteiger partial charge in [0.05, 0.1) is 11.7 Å². The van der Waals surface area contributed by atoms with Gasteiger partial charge < -0.3 is 11.1 Å². The van der Waals surface area contributed by atoms with Gasteiger partial charge in [0, 0.05) is 6.54 Å². The number of aryl methyl sites for hydroxylation is 1. The number of hydrogen-bond donors (Lipinski definition) is 2. The molecule has 1 aliphatic heterocycles. The summed E-state index contributed by atoms with van der Waals surface area (Å²) in [6.45, 7) is 9.24. The van der Waals surface area contributed by atoms with E-state index in [9.17, 15) is 4.79 Å². The molecular formula is C19H34N4O. The lowest BCUT2D eigenvalue weighted by Gasteiger charge is -2.36. The molecule has 5 heteroatoms. The highest BCUT2D eigenvalue weighted by Crippen LogP contribution is 2.41. The number of carbonyl (C=O) groups is 1. The Balaban J connectivity index is 0.00000100. The van der Waals surface area contributed by atoms with Gasteiger partial charge in [0.25, 0.3) is 5.91 Å². The highest BCUT2D eigenvalue weighted by atomic mass is 16.1. The number of carbonyl (C=O) groups excluding carboxylic acids is 1. The number of nitrogens with zero attached hydrogens (tertiary/aromatic N) is 2. The summed E-state index contributed by atoms with van der Waals surface area (Å²) >= 11 is 0. The molecule has 0 aromatic carbocycles. The summed E-state index contributed by atoms with van der Waals surface area (Å²) in [5.74, 6) is 2.09. The highest BCUT2D eigenvalue weighted by molar-refractivity contribution is 5.99. The van der Waals surface area contributed by atoms with Gasteiger partial charge in [-0.15, -0.1) is 0 Å². The third-order valence-corrected chi connectivity index (χ3v) is 5.62. The topological polar surface area (TPSA) is 72.9 Å². The molecule has 0 bridgehead atoms. The van der Waals surface area contributed by atoms with Crippen molar-refractivity contribution in [3.05, 3.63) is 11.3 Å². The quantitative estimate of drug-likeness (QED) is 0.869. The molecule has 136 valence electrons. The molecule has 1 amide bonds. The Kier molecular flexibility index (Phi) is 6.69. The number of fused-ring (bicyclic) bond motifs is 1. The van der Waals surface area contributed by atoms with E-state index in [-0.39, 0.29) is 5.91 Å². The lowest BCUT2D eigenvalue weighted by atomic mass is 9.76. The molecule has 1 atom stereocenters. The van der Waals surface area contributed by atoms with Crippen LogP contribution in [0.1, 0.15) is 88.3 Å². The standard InChI is InChI=1S/C17H28N4O.C2H6/c1-3-11-5-7-12(8-6-11)14-9-10-19-17-15(16(18)22)13(4-2)20-21(14)17;1-2/h11-12,14,19H,3-10H2,1-2H3,(H2,18,22);1-2H3. The predicted molar refractivity (Wildman–Crippen MR) is 99.4 cm³/mol. The largest absolute Gasteiger partial charge is 0.370 e. The molecule has 0 spiro atoms. The van der Waals surface area contributed by atoms with E-state index in [4.69, 9.17) is 10.8 Å². The van der Waals surface area contributed by atoms with Crippen molar-refractivity contribution in [3.8, 4) is 0 Å². The second-order valence-corrected chi connectivity index (χ2v) is 6.80. The highest BCUT2D eigenvalue weighted by Gasteiger charge is 2.34. The third kappa shape index (κ3) is 3.60. The molecule has 2 aliphatic rings. The molecule has 3 N–H and O–H groups in total. The van der Waals surface area contributed by atoms with E-state index in [1.165, 1.54) is 32.1 Å². The van der Waals surface area contributed by atoms with Crippen molar-refractivity contribution in [1.29, 1.82) is 0 Å². The van der Waals surface area contributed by atoms with Gasteiger partial charge in [-0.2, -0.15) is 5.10 Å². The maximum atomic E-state index is 11.8. The second kappa shape index (κ2) is 8.54. The summed E-state index contributed by atoms with van der Waals surface area (Å²) in [4.78, 5) is 11.8. The number of amides is 1. The molecule has 3 rings (SSSR count). The lowest BCUT2D eigenvalue weighted by molar-refractivity contribution is 0.1000. The molecule has 0 saturated heterocycles. The SMILES string of the molecule is CC.CCc1nn2c(c1C(N)=O)NCCC2C1CCC(CC)CC1. The van der Waals surface area contributed by atoms with Crippen LogP contribution in [-0.4, -0.2) is 22.2 Å². The number of aromatic nitrogens is 2. The summed E-state index contributed by atoms with van der Waals surface area (Å²) in [7, 11) is 0. The summed E-state index contributed by atoms with van der Waals surface area (Å²) in [5, 5.41) is 8.10. The van der Waals surface area contributed by atoms with E-state index in [0.29, 0.717) is 17.5 Å². The molecule has 1 aromatic rings. The fraction of sp³-hybridized carbons (Fsp3) is 0.789.